The van der Waals surface area contributed by atoms with E-state index >= 15 is 0 Å². The molecule has 1 aliphatic heterocycles. The zero-order valence-electron chi connectivity index (χ0n) is 16.0. The number of carbonyl (C=O) groups is 2. The third-order valence-corrected chi connectivity index (χ3v) is 4.85. The van der Waals surface area contributed by atoms with Crippen LogP contribution in [0.2, 0.25) is 0 Å². The summed E-state index contributed by atoms with van der Waals surface area (Å²) in [7, 11) is 0. The first-order valence-electron chi connectivity index (χ1n) is 9.45. The molecule has 1 aliphatic rings. The van der Waals surface area contributed by atoms with E-state index < -0.39 is 5.92 Å². The third-order valence-electron chi connectivity index (χ3n) is 4.85. The number of hydrogen-bond donors (Lipinski definition) is 1. The second-order valence-electron chi connectivity index (χ2n) is 7.02. The predicted molar refractivity (Wildman–Crippen MR) is 111 cm³/mol. The minimum atomic E-state index is -0.436. The molecule has 1 fully saturated rings. The van der Waals surface area contributed by atoms with Crippen LogP contribution in [0.1, 0.15) is 12.0 Å². The number of hydrogen-bond acceptors (Lipinski definition) is 4. The number of rotatable bonds is 5. The molecule has 1 saturated heterocycles. The topological polar surface area (TPSA) is 71.5 Å². The maximum absolute atomic E-state index is 12.8. The Morgan fingerprint density at radius 2 is 1.86 bits per heavy atom. The molecule has 2 heterocycles. The summed E-state index contributed by atoms with van der Waals surface area (Å²) < 4.78 is 5.86. The van der Waals surface area contributed by atoms with Crippen LogP contribution in [0, 0.1) is 12.8 Å². The van der Waals surface area contributed by atoms with Crippen LogP contribution in [0.5, 0.6) is 11.5 Å². The molecule has 29 heavy (non-hydrogen) atoms. The van der Waals surface area contributed by atoms with Gasteiger partial charge in [0.25, 0.3) is 0 Å². The van der Waals surface area contributed by atoms with Crippen molar-refractivity contribution in [1.29, 1.82) is 0 Å². The maximum atomic E-state index is 12.8. The predicted octanol–water partition coefficient (Wildman–Crippen LogP) is 4.17. The molecule has 0 aliphatic carbocycles. The van der Waals surface area contributed by atoms with Crippen molar-refractivity contribution >= 4 is 23.2 Å². The fourth-order valence-corrected chi connectivity index (χ4v) is 3.27. The van der Waals surface area contributed by atoms with Gasteiger partial charge in [-0.15, -0.1) is 0 Å². The fourth-order valence-electron chi connectivity index (χ4n) is 3.27. The second-order valence-corrected chi connectivity index (χ2v) is 7.02. The lowest BCUT2D eigenvalue weighted by Crippen LogP contribution is -2.28. The summed E-state index contributed by atoms with van der Waals surface area (Å²) in [6.45, 7) is 2.34. The summed E-state index contributed by atoms with van der Waals surface area (Å²) in [6, 6.07) is 18.7. The van der Waals surface area contributed by atoms with Crippen LogP contribution in [0.3, 0.4) is 0 Å². The van der Waals surface area contributed by atoms with Gasteiger partial charge in [-0.1, -0.05) is 35.9 Å². The maximum Gasteiger partial charge on any atom is 0.229 e. The highest BCUT2D eigenvalue weighted by molar-refractivity contribution is 6.03. The SMILES string of the molecule is Cc1ccc(N2CC(C(=O)Nc3cnccc3Oc3ccccc3)CC2=O)cc1. The van der Waals surface area contributed by atoms with Crippen molar-refractivity contribution in [3.8, 4) is 11.5 Å². The number of amides is 2. The molecule has 0 spiro atoms. The van der Waals surface area contributed by atoms with Gasteiger partial charge in [0.2, 0.25) is 11.8 Å². The average molecular weight is 387 g/mol. The van der Waals surface area contributed by atoms with Gasteiger partial charge in [0.05, 0.1) is 12.1 Å². The van der Waals surface area contributed by atoms with Crippen molar-refractivity contribution in [2.45, 2.75) is 13.3 Å². The van der Waals surface area contributed by atoms with Gasteiger partial charge in [-0.3, -0.25) is 14.6 Å². The molecule has 3 aromatic rings. The Morgan fingerprint density at radius 1 is 1.10 bits per heavy atom. The summed E-state index contributed by atoms with van der Waals surface area (Å²) in [5.74, 6) is 0.448. The van der Waals surface area contributed by atoms with E-state index in [1.165, 1.54) is 0 Å². The smallest absolute Gasteiger partial charge is 0.229 e. The Morgan fingerprint density at radius 3 is 2.62 bits per heavy atom. The number of aryl methyl sites for hydroxylation is 1. The van der Waals surface area contributed by atoms with Crippen LogP contribution in [0.15, 0.2) is 73.1 Å². The van der Waals surface area contributed by atoms with Gasteiger partial charge in [0.1, 0.15) is 11.4 Å². The van der Waals surface area contributed by atoms with E-state index in [1.54, 1.807) is 23.4 Å². The second kappa shape index (κ2) is 8.14. The molecule has 6 nitrogen and oxygen atoms in total. The van der Waals surface area contributed by atoms with Gasteiger partial charge >= 0.3 is 0 Å². The Kier molecular flexibility index (Phi) is 5.24. The van der Waals surface area contributed by atoms with Crippen molar-refractivity contribution in [1.82, 2.24) is 4.98 Å². The number of carbonyl (C=O) groups excluding carboxylic acids is 2. The van der Waals surface area contributed by atoms with Gasteiger partial charge in [-0.25, -0.2) is 0 Å². The molecule has 6 heteroatoms. The molecule has 2 aromatic carbocycles. The first-order valence-corrected chi connectivity index (χ1v) is 9.45. The van der Waals surface area contributed by atoms with Crippen LogP contribution < -0.4 is 15.0 Å². The summed E-state index contributed by atoms with van der Waals surface area (Å²) in [4.78, 5) is 31.0. The van der Waals surface area contributed by atoms with Gasteiger partial charge in [-0.05, 0) is 31.2 Å². The quantitative estimate of drug-likeness (QED) is 0.713. The molecule has 4 rings (SSSR count). The Labute approximate surface area is 169 Å². The number of nitrogens with zero attached hydrogens (tertiary/aromatic N) is 2. The van der Waals surface area contributed by atoms with Crippen molar-refractivity contribution < 1.29 is 14.3 Å². The molecular formula is C23H21N3O3. The molecule has 146 valence electrons. The molecule has 1 atom stereocenters. The summed E-state index contributed by atoms with van der Waals surface area (Å²) >= 11 is 0. The van der Waals surface area contributed by atoms with Crippen LogP contribution >= 0.6 is 0 Å². The summed E-state index contributed by atoms with van der Waals surface area (Å²) in [5.41, 5.74) is 2.41. The van der Waals surface area contributed by atoms with Crippen molar-refractivity contribution in [3.05, 3.63) is 78.6 Å². The number of aromatic nitrogens is 1. The third kappa shape index (κ3) is 4.27. The Hall–Kier alpha value is -3.67. The number of nitrogens with one attached hydrogen (secondary N) is 1. The lowest BCUT2D eigenvalue weighted by molar-refractivity contribution is -0.122. The molecule has 0 radical (unpaired) electrons. The molecule has 0 saturated carbocycles. The zero-order chi connectivity index (χ0) is 20.2. The fraction of sp³-hybridized carbons (Fsp3) is 0.174. The van der Waals surface area contributed by atoms with Gasteiger partial charge in [0.15, 0.2) is 5.75 Å². The Bertz CT molecular complexity index is 1020. The average Bonchev–Trinajstić information content (AvgIpc) is 3.13. The number of pyridine rings is 1. The highest BCUT2D eigenvalue weighted by Crippen LogP contribution is 2.30. The molecule has 2 amide bonds. The number of benzene rings is 2. The van der Waals surface area contributed by atoms with Crippen LogP contribution in [0.4, 0.5) is 11.4 Å². The Balaban J connectivity index is 1.46. The summed E-state index contributed by atoms with van der Waals surface area (Å²) in [5, 5.41) is 2.87. The number of para-hydroxylation sites is 1. The van der Waals surface area contributed by atoms with Gasteiger partial charge < -0.3 is 15.0 Å². The zero-order valence-corrected chi connectivity index (χ0v) is 16.0. The first kappa shape index (κ1) is 18.7. The minimum absolute atomic E-state index is 0.0547. The van der Waals surface area contributed by atoms with E-state index in [4.69, 9.17) is 4.74 Å². The largest absolute Gasteiger partial charge is 0.455 e. The van der Waals surface area contributed by atoms with Crippen molar-refractivity contribution in [2.75, 3.05) is 16.8 Å². The number of anilines is 2. The normalized spacial score (nSPS) is 16.0. The van der Waals surface area contributed by atoms with Crippen LogP contribution in [-0.4, -0.2) is 23.3 Å². The standard InChI is InChI=1S/C23H21N3O3/c1-16-7-9-18(10-8-16)26-15-17(13-22(26)27)23(28)25-20-14-24-12-11-21(20)29-19-5-3-2-4-6-19/h2-12,14,17H,13,15H2,1H3,(H,25,28). The van der Waals surface area contributed by atoms with E-state index in [0.717, 1.165) is 11.3 Å². The molecular weight excluding hydrogens is 366 g/mol. The van der Waals surface area contributed by atoms with Crippen molar-refractivity contribution in [3.63, 3.8) is 0 Å². The highest BCUT2D eigenvalue weighted by Gasteiger charge is 2.35. The van der Waals surface area contributed by atoms with Gasteiger partial charge in [-0.2, -0.15) is 0 Å². The van der Waals surface area contributed by atoms with E-state index in [9.17, 15) is 9.59 Å². The van der Waals surface area contributed by atoms with E-state index in [2.05, 4.69) is 10.3 Å². The van der Waals surface area contributed by atoms with Crippen LogP contribution in [0.25, 0.3) is 0 Å². The molecule has 1 N–H and O–H groups in total. The lowest BCUT2D eigenvalue weighted by atomic mass is 10.1. The van der Waals surface area contributed by atoms with Crippen LogP contribution in [-0.2, 0) is 9.59 Å². The number of ether oxygens (including phenoxy) is 1. The van der Waals surface area contributed by atoms with E-state index in [1.807, 2.05) is 61.5 Å². The molecule has 1 unspecified atom stereocenters. The lowest BCUT2D eigenvalue weighted by Gasteiger charge is -2.17. The molecule has 0 bridgehead atoms. The monoisotopic (exact) mass is 387 g/mol. The minimum Gasteiger partial charge on any atom is -0.455 e. The first-order chi connectivity index (χ1) is 14.1. The molecule has 1 aromatic heterocycles. The van der Waals surface area contributed by atoms with Gasteiger partial charge in [0, 0.05) is 30.9 Å². The van der Waals surface area contributed by atoms with Crippen molar-refractivity contribution in [2.24, 2.45) is 5.92 Å². The highest BCUT2D eigenvalue weighted by atomic mass is 16.5. The van der Waals surface area contributed by atoms with E-state index in [-0.39, 0.29) is 18.2 Å². The summed E-state index contributed by atoms with van der Waals surface area (Å²) in [6.07, 6.45) is 3.33. The van der Waals surface area contributed by atoms with E-state index in [0.29, 0.717) is 23.7 Å².